The lowest BCUT2D eigenvalue weighted by Gasteiger charge is -2.48. The Morgan fingerprint density at radius 2 is 1.93 bits per heavy atom. The van der Waals surface area contributed by atoms with Gasteiger partial charge in [-0.05, 0) is 42.0 Å². The fraction of sp³-hybridized carbons (Fsp3) is 0.536. The number of ether oxygens (including phenoxy) is 1. The number of rotatable bonds is 8. The van der Waals surface area contributed by atoms with Gasteiger partial charge in [0.1, 0.15) is 33.7 Å². The van der Waals surface area contributed by atoms with E-state index in [2.05, 4.69) is 51.1 Å². The van der Waals surface area contributed by atoms with Gasteiger partial charge in [-0.15, -0.1) is 0 Å². The molecule has 1 aromatic carbocycles. The molecule has 0 spiro atoms. The number of hydrogen-bond donors (Lipinski definition) is 2. The number of pyridine rings is 1. The predicted molar refractivity (Wildman–Crippen MR) is 155 cm³/mol. The summed E-state index contributed by atoms with van der Waals surface area (Å²) in [7, 11) is -1.90. The fourth-order valence-corrected chi connectivity index (χ4v) is 7.01. The Bertz CT molecular complexity index is 1540. The molecule has 4 atom stereocenters. The van der Waals surface area contributed by atoms with E-state index in [0.717, 1.165) is 29.1 Å². The Morgan fingerprint density at radius 3 is 2.56 bits per heavy atom. The van der Waals surface area contributed by atoms with Crippen molar-refractivity contribution in [2.75, 3.05) is 53.9 Å². The second-order valence-electron chi connectivity index (χ2n) is 11.4. The number of benzene rings is 1. The molecule has 2 aliphatic heterocycles. The zero-order valence-corrected chi connectivity index (χ0v) is 24.6. The first kappa shape index (κ1) is 29.3. The van der Waals surface area contributed by atoms with E-state index in [0.29, 0.717) is 18.2 Å². The number of aliphatic hydroxyl groups excluding tert-OH is 1. The Balaban J connectivity index is 1.41. The zero-order chi connectivity index (χ0) is 29.7. The standard InChI is InChI=1S/C28H36F2N6O4S/c1-16(2)19-6-7-22(36-12-18(17(36)3)14-41(5,38)39)21-11-32-25(10-20(19)21)33-24-8-9-31-27(34-24)35-13-23(37)26(40-4)28(29,30)15-35/h6-11,16-18,23,26,37H,12-15H2,1-5H3,(H,31,32,33,34)/t17-,18-,23-,26-/m1/s1. The maximum atomic E-state index is 14.6. The molecule has 2 aliphatic rings. The molecule has 3 aromatic rings. The first-order valence-electron chi connectivity index (χ1n) is 13.6. The van der Waals surface area contributed by atoms with Crippen LogP contribution in [0.15, 0.2) is 36.7 Å². The van der Waals surface area contributed by atoms with Gasteiger partial charge in [-0.25, -0.2) is 27.2 Å². The van der Waals surface area contributed by atoms with Crippen LogP contribution in [-0.2, 0) is 14.6 Å². The third-order valence-corrected chi connectivity index (χ3v) is 9.01. The molecule has 5 rings (SSSR count). The van der Waals surface area contributed by atoms with Crippen molar-refractivity contribution in [1.29, 1.82) is 0 Å². The van der Waals surface area contributed by atoms with Gasteiger partial charge in [-0.3, -0.25) is 0 Å². The van der Waals surface area contributed by atoms with Crippen LogP contribution in [0.2, 0.25) is 0 Å². The molecule has 0 radical (unpaired) electrons. The monoisotopic (exact) mass is 590 g/mol. The van der Waals surface area contributed by atoms with Crippen LogP contribution >= 0.6 is 0 Å². The highest BCUT2D eigenvalue weighted by Crippen LogP contribution is 2.40. The number of nitrogens with one attached hydrogen (secondary N) is 1. The maximum absolute atomic E-state index is 14.6. The first-order valence-corrected chi connectivity index (χ1v) is 15.6. The van der Waals surface area contributed by atoms with Crippen molar-refractivity contribution in [3.63, 3.8) is 0 Å². The van der Waals surface area contributed by atoms with E-state index in [-0.39, 0.29) is 36.1 Å². The second-order valence-corrected chi connectivity index (χ2v) is 13.6. The normalized spacial score (nSPS) is 24.5. The Hall–Kier alpha value is -3.16. The minimum atomic E-state index is -3.27. The molecule has 2 fully saturated rings. The summed E-state index contributed by atoms with van der Waals surface area (Å²) in [5.41, 5.74) is 2.14. The Kier molecular flexibility index (Phi) is 7.81. The van der Waals surface area contributed by atoms with Gasteiger partial charge in [0, 0.05) is 61.9 Å². The summed E-state index contributed by atoms with van der Waals surface area (Å²) in [6.07, 6.45) is 1.55. The van der Waals surface area contributed by atoms with E-state index in [9.17, 15) is 22.3 Å². The molecule has 0 bridgehead atoms. The molecule has 13 heteroatoms. The number of fused-ring (bicyclic) bond motifs is 1. The van der Waals surface area contributed by atoms with Gasteiger partial charge in [-0.2, -0.15) is 4.98 Å². The van der Waals surface area contributed by atoms with Crippen LogP contribution in [0.3, 0.4) is 0 Å². The van der Waals surface area contributed by atoms with E-state index in [1.54, 1.807) is 12.3 Å². The lowest BCUT2D eigenvalue weighted by Crippen LogP contribution is -2.60. The van der Waals surface area contributed by atoms with E-state index in [1.165, 1.54) is 17.4 Å². The van der Waals surface area contributed by atoms with Crippen LogP contribution in [0.25, 0.3) is 10.8 Å². The van der Waals surface area contributed by atoms with Gasteiger partial charge in [0.25, 0.3) is 5.92 Å². The van der Waals surface area contributed by atoms with Crippen LogP contribution < -0.4 is 15.1 Å². The highest BCUT2D eigenvalue weighted by Gasteiger charge is 2.50. The SMILES string of the molecule is CO[C@@H]1[C@H](O)CN(c2nccc(Nc3cc4c(C(C)C)ccc(N5C[C@H](CS(C)(=O)=O)[C@H]5C)c4cn3)n2)CC1(F)F. The molecular formula is C28H36F2N6O4S. The molecule has 0 aliphatic carbocycles. The minimum absolute atomic E-state index is 0.0599. The van der Waals surface area contributed by atoms with Crippen LogP contribution in [0.1, 0.15) is 32.3 Å². The van der Waals surface area contributed by atoms with Crippen molar-refractivity contribution in [2.45, 2.75) is 50.9 Å². The average Bonchev–Trinajstić information content (AvgIpc) is 2.89. The summed E-state index contributed by atoms with van der Waals surface area (Å²) in [6.45, 7) is 6.16. The molecule has 0 amide bonds. The van der Waals surface area contributed by atoms with Crippen molar-refractivity contribution in [2.24, 2.45) is 5.92 Å². The van der Waals surface area contributed by atoms with Crippen molar-refractivity contribution < 1.29 is 27.0 Å². The number of sulfone groups is 1. The third kappa shape index (κ3) is 5.93. The molecule has 2 aromatic heterocycles. The van der Waals surface area contributed by atoms with Gasteiger partial charge >= 0.3 is 0 Å². The van der Waals surface area contributed by atoms with Gasteiger partial charge in [0.2, 0.25) is 5.95 Å². The lowest BCUT2D eigenvalue weighted by atomic mass is 9.88. The second kappa shape index (κ2) is 10.9. The molecule has 41 heavy (non-hydrogen) atoms. The van der Waals surface area contributed by atoms with Gasteiger partial charge in [0.05, 0.1) is 12.3 Å². The molecule has 4 heterocycles. The third-order valence-electron chi connectivity index (χ3n) is 7.98. The summed E-state index contributed by atoms with van der Waals surface area (Å²) in [6, 6.07) is 7.81. The van der Waals surface area contributed by atoms with Gasteiger partial charge in [-0.1, -0.05) is 19.9 Å². The summed E-state index contributed by atoms with van der Waals surface area (Å²) in [5.74, 6) is -1.84. The predicted octanol–water partition coefficient (Wildman–Crippen LogP) is 3.59. The van der Waals surface area contributed by atoms with Crippen LogP contribution in [0.4, 0.5) is 32.1 Å². The highest BCUT2D eigenvalue weighted by molar-refractivity contribution is 7.90. The average molecular weight is 591 g/mol. The van der Waals surface area contributed by atoms with E-state index in [4.69, 9.17) is 4.74 Å². The number of piperidine rings is 1. The smallest absolute Gasteiger partial charge is 0.293 e. The molecule has 222 valence electrons. The largest absolute Gasteiger partial charge is 0.388 e. The number of alkyl halides is 2. The highest BCUT2D eigenvalue weighted by atomic mass is 32.2. The number of methoxy groups -OCH3 is 1. The zero-order valence-electron chi connectivity index (χ0n) is 23.8. The van der Waals surface area contributed by atoms with Gasteiger partial charge in [0.15, 0.2) is 0 Å². The van der Waals surface area contributed by atoms with Crippen molar-refractivity contribution >= 4 is 43.9 Å². The number of nitrogens with zero attached hydrogens (tertiary/aromatic N) is 5. The molecule has 10 nitrogen and oxygen atoms in total. The molecular weight excluding hydrogens is 554 g/mol. The summed E-state index contributed by atoms with van der Waals surface area (Å²) in [4.78, 5) is 16.6. The fourth-order valence-electron chi connectivity index (χ4n) is 5.85. The van der Waals surface area contributed by atoms with Crippen molar-refractivity contribution in [1.82, 2.24) is 15.0 Å². The quantitative estimate of drug-likeness (QED) is 0.403. The van der Waals surface area contributed by atoms with E-state index < -0.39 is 34.5 Å². The molecule has 0 saturated carbocycles. The van der Waals surface area contributed by atoms with Crippen LogP contribution in [0, 0.1) is 5.92 Å². The molecule has 0 unspecified atom stereocenters. The first-order chi connectivity index (χ1) is 19.3. The number of hydrogen-bond acceptors (Lipinski definition) is 10. The van der Waals surface area contributed by atoms with Crippen molar-refractivity contribution in [3.05, 3.63) is 42.2 Å². The Morgan fingerprint density at radius 1 is 1.17 bits per heavy atom. The number of aromatic nitrogens is 3. The minimum Gasteiger partial charge on any atom is -0.388 e. The summed E-state index contributed by atoms with van der Waals surface area (Å²) < 4.78 is 57.6. The van der Waals surface area contributed by atoms with E-state index in [1.807, 2.05) is 13.0 Å². The maximum Gasteiger partial charge on any atom is 0.293 e. The molecule has 2 saturated heterocycles. The molecule has 2 N–H and O–H groups in total. The van der Waals surface area contributed by atoms with Gasteiger partial charge < -0.3 is 25.0 Å². The number of aliphatic hydroxyl groups is 1. The Labute approximate surface area is 238 Å². The van der Waals surface area contributed by atoms with E-state index >= 15 is 0 Å². The van der Waals surface area contributed by atoms with Crippen LogP contribution in [-0.4, -0.2) is 91.4 Å². The summed E-state index contributed by atoms with van der Waals surface area (Å²) in [5, 5.41) is 15.4. The number of halogens is 2. The number of anilines is 4. The topological polar surface area (TPSA) is 121 Å². The lowest BCUT2D eigenvalue weighted by molar-refractivity contribution is -0.171. The number of β-amino-alcohol motifs (C(OH)–C–C–N with tert-alkyl or cyclic N) is 1. The van der Waals surface area contributed by atoms with Crippen LogP contribution in [0.5, 0.6) is 0 Å². The van der Waals surface area contributed by atoms with Crippen molar-refractivity contribution in [3.8, 4) is 0 Å². The summed E-state index contributed by atoms with van der Waals surface area (Å²) >= 11 is 0.